The van der Waals surface area contributed by atoms with E-state index in [1.807, 2.05) is 35.8 Å². The van der Waals surface area contributed by atoms with Crippen molar-refractivity contribution in [1.82, 2.24) is 9.55 Å². The van der Waals surface area contributed by atoms with Crippen molar-refractivity contribution in [3.63, 3.8) is 0 Å². The molecule has 4 aromatic rings. The number of aromatic nitrogens is 2. The summed E-state index contributed by atoms with van der Waals surface area (Å²) in [4.78, 5) is 15.8. The molecular formula is C25H21F3N2O2. The first-order chi connectivity index (χ1) is 15.3. The Balaban J connectivity index is 1.73. The molecule has 4 rings (SSSR count). The number of rotatable bonds is 6. The number of para-hydroxylation sites is 1. The van der Waals surface area contributed by atoms with Gasteiger partial charge in [-0.15, -0.1) is 0 Å². The van der Waals surface area contributed by atoms with E-state index in [4.69, 9.17) is 0 Å². The minimum absolute atomic E-state index is 0.0320. The molecule has 32 heavy (non-hydrogen) atoms. The number of halogens is 3. The highest BCUT2D eigenvalue weighted by Gasteiger charge is 2.34. The first-order valence-electron chi connectivity index (χ1n) is 10.3. The van der Waals surface area contributed by atoms with Crippen LogP contribution < -0.4 is 0 Å². The third kappa shape index (κ3) is 4.10. The summed E-state index contributed by atoms with van der Waals surface area (Å²) in [5, 5.41) is 9.42. The number of carbonyl (C=O) groups is 1. The van der Waals surface area contributed by atoms with Gasteiger partial charge in [0.25, 0.3) is 0 Å². The van der Waals surface area contributed by atoms with Crippen LogP contribution in [0.5, 0.6) is 0 Å². The zero-order valence-corrected chi connectivity index (χ0v) is 17.4. The first kappa shape index (κ1) is 21.6. The van der Waals surface area contributed by atoms with Crippen molar-refractivity contribution in [3.8, 4) is 11.1 Å². The van der Waals surface area contributed by atoms with Crippen molar-refractivity contribution >= 4 is 17.0 Å². The van der Waals surface area contributed by atoms with E-state index < -0.39 is 17.7 Å². The summed E-state index contributed by atoms with van der Waals surface area (Å²) in [5.74, 6) is -0.390. The van der Waals surface area contributed by atoms with Crippen molar-refractivity contribution in [2.75, 3.05) is 0 Å². The second-order valence-electron chi connectivity index (χ2n) is 7.58. The molecule has 7 heteroatoms. The topological polar surface area (TPSA) is 55.1 Å². The Morgan fingerprint density at radius 3 is 2.38 bits per heavy atom. The summed E-state index contributed by atoms with van der Waals surface area (Å²) < 4.78 is 42.3. The van der Waals surface area contributed by atoms with Gasteiger partial charge in [-0.3, -0.25) is 0 Å². The third-order valence-electron chi connectivity index (χ3n) is 5.40. The van der Waals surface area contributed by atoms with E-state index in [0.717, 1.165) is 23.6 Å². The lowest BCUT2D eigenvalue weighted by Crippen LogP contribution is -2.06. The summed E-state index contributed by atoms with van der Waals surface area (Å²) in [6, 6.07) is 18.3. The molecule has 1 N–H and O–H groups in total. The number of alkyl halides is 3. The van der Waals surface area contributed by atoms with E-state index in [-0.39, 0.29) is 11.1 Å². The summed E-state index contributed by atoms with van der Waals surface area (Å²) in [5.41, 5.74) is 2.16. The van der Waals surface area contributed by atoms with Crippen molar-refractivity contribution in [3.05, 3.63) is 89.2 Å². The minimum Gasteiger partial charge on any atom is -0.478 e. The maximum Gasteiger partial charge on any atom is 0.418 e. The smallest absolute Gasteiger partial charge is 0.418 e. The maximum atomic E-state index is 13.5. The van der Waals surface area contributed by atoms with Crippen LogP contribution in [0.3, 0.4) is 0 Å². The Morgan fingerprint density at radius 1 is 1.00 bits per heavy atom. The highest BCUT2D eigenvalue weighted by Crippen LogP contribution is 2.35. The van der Waals surface area contributed by atoms with Crippen LogP contribution in [0.25, 0.3) is 22.2 Å². The average molecular weight is 438 g/mol. The quantitative estimate of drug-likeness (QED) is 0.378. The minimum atomic E-state index is -4.47. The Labute approximate surface area is 183 Å². The van der Waals surface area contributed by atoms with Gasteiger partial charge in [0.15, 0.2) is 0 Å². The van der Waals surface area contributed by atoms with Gasteiger partial charge in [0.1, 0.15) is 11.3 Å². The van der Waals surface area contributed by atoms with Gasteiger partial charge in [0.2, 0.25) is 0 Å². The number of imidazole rings is 1. The van der Waals surface area contributed by atoms with E-state index in [9.17, 15) is 23.1 Å². The largest absolute Gasteiger partial charge is 0.478 e. The van der Waals surface area contributed by atoms with Gasteiger partial charge in [0, 0.05) is 13.0 Å². The molecule has 0 aliphatic rings. The van der Waals surface area contributed by atoms with Crippen molar-refractivity contribution in [1.29, 1.82) is 0 Å². The van der Waals surface area contributed by atoms with Crippen molar-refractivity contribution in [2.45, 2.75) is 32.5 Å². The number of aromatic carboxylic acids is 1. The first-order valence-corrected chi connectivity index (χ1v) is 10.3. The van der Waals surface area contributed by atoms with Gasteiger partial charge in [-0.1, -0.05) is 55.5 Å². The lowest BCUT2D eigenvalue weighted by atomic mass is 9.99. The second kappa shape index (κ2) is 8.49. The van der Waals surface area contributed by atoms with E-state index in [1.54, 1.807) is 30.3 Å². The Kier molecular flexibility index (Phi) is 5.74. The summed E-state index contributed by atoms with van der Waals surface area (Å²) in [6.07, 6.45) is -3.15. The van der Waals surface area contributed by atoms with Gasteiger partial charge < -0.3 is 9.67 Å². The van der Waals surface area contributed by atoms with Crippen LogP contribution in [-0.4, -0.2) is 20.6 Å². The molecule has 0 amide bonds. The maximum absolute atomic E-state index is 13.5. The highest BCUT2D eigenvalue weighted by atomic mass is 19.4. The molecule has 0 aliphatic heterocycles. The Bertz CT molecular complexity index is 1270. The van der Waals surface area contributed by atoms with Crippen LogP contribution in [0.2, 0.25) is 0 Å². The molecule has 0 unspecified atom stereocenters. The normalized spacial score (nSPS) is 11.8. The number of carboxylic acids is 1. The number of fused-ring (bicyclic) bond motifs is 1. The fraction of sp³-hybridized carbons (Fsp3) is 0.200. The zero-order valence-electron chi connectivity index (χ0n) is 17.4. The molecule has 0 fully saturated rings. The van der Waals surface area contributed by atoms with Gasteiger partial charge in [-0.05, 0) is 41.3 Å². The molecule has 0 aliphatic carbocycles. The van der Waals surface area contributed by atoms with E-state index in [1.165, 1.54) is 6.07 Å². The molecule has 4 nitrogen and oxygen atoms in total. The van der Waals surface area contributed by atoms with Gasteiger partial charge in [-0.25, -0.2) is 9.78 Å². The van der Waals surface area contributed by atoms with Crippen LogP contribution in [0.15, 0.2) is 66.7 Å². The number of carboxylic acid groups (broad SMARTS) is 1. The number of aryl methyl sites for hydroxylation is 1. The monoisotopic (exact) mass is 438 g/mol. The molecule has 0 spiro atoms. The van der Waals surface area contributed by atoms with Crippen LogP contribution >= 0.6 is 0 Å². The third-order valence-corrected chi connectivity index (χ3v) is 5.40. The van der Waals surface area contributed by atoms with Gasteiger partial charge >= 0.3 is 12.1 Å². The fourth-order valence-corrected chi connectivity index (χ4v) is 3.91. The molecule has 0 saturated carbocycles. The lowest BCUT2D eigenvalue weighted by molar-refractivity contribution is -0.136. The number of benzene rings is 3. The average Bonchev–Trinajstić information content (AvgIpc) is 3.11. The summed E-state index contributed by atoms with van der Waals surface area (Å²) >= 11 is 0. The summed E-state index contributed by atoms with van der Waals surface area (Å²) in [6.45, 7) is 2.33. The van der Waals surface area contributed by atoms with Crippen LogP contribution in [-0.2, 0) is 19.1 Å². The molecular weight excluding hydrogens is 417 g/mol. The molecule has 1 aromatic heterocycles. The molecule has 0 saturated heterocycles. The van der Waals surface area contributed by atoms with E-state index in [0.29, 0.717) is 29.9 Å². The van der Waals surface area contributed by atoms with E-state index >= 15 is 0 Å². The number of hydrogen-bond acceptors (Lipinski definition) is 2. The van der Waals surface area contributed by atoms with Crippen LogP contribution in [0.4, 0.5) is 13.2 Å². The Hall–Kier alpha value is -3.61. The predicted molar refractivity (Wildman–Crippen MR) is 117 cm³/mol. The highest BCUT2D eigenvalue weighted by molar-refractivity contribution is 5.96. The lowest BCUT2D eigenvalue weighted by Gasteiger charge is -2.11. The second-order valence-corrected chi connectivity index (χ2v) is 7.58. The van der Waals surface area contributed by atoms with Gasteiger partial charge in [-0.2, -0.15) is 13.2 Å². The predicted octanol–water partition coefficient (Wildman–Crippen LogP) is 6.42. The standard InChI is InChI=1S/C25H21F3N2O2/c1-2-6-22-29-23-20(25(26,27)28)9-5-10-21(23)30(22)15-16-11-13-17(14-12-16)18-7-3-4-8-19(18)24(31)32/h3-5,7-14H,2,6,15H2,1H3,(H,31,32). The molecule has 0 bridgehead atoms. The van der Waals surface area contributed by atoms with Crippen LogP contribution in [0.1, 0.15) is 40.7 Å². The van der Waals surface area contributed by atoms with Gasteiger partial charge in [0.05, 0.1) is 16.6 Å². The molecule has 0 radical (unpaired) electrons. The fourth-order valence-electron chi connectivity index (χ4n) is 3.91. The molecule has 1 heterocycles. The SMILES string of the molecule is CCCc1nc2c(C(F)(F)F)cccc2n1Cc1ccc(-c2ccccc2C(=O)O)cc1. The van der Waals surface area contributed by atoms with Crippen molar-refractivity contribution < 1.29 is 23.1 Å². The molecule has 164 valence electrons. The van der Waals surface area contributed by atoms with Crippen molar-refractivity contribution in [2.24, 2.45) is 0 Å². The van der Waals surface area contributed by atoms with E-state index in [2.05, 4.69) is 4.98 Å². The zero-order chi connectivity index (χ0) is 22.9. The van der Waals surface area contributed by atoms with Crippen LogP contribution in [0, 0.1) is 0 Å². The Morgan fingerprint density at radius 2 is 1.72 bits per heavy atom. The molecule has 3 aromatic carbocycles. The molecule has 0 atom stereocenters. The number of nitrogens with zero attached hydrogens (tertiary/aromatic N) is 2. The number of hydrogen-bond donors (Lipinski definition) is 1. The summed E-state index contributed by atoms with van der Waals surface area (Å²) in [7, 11) is 0.